The van der Waals surface area contributed by atoms with Crippen molar-refractivity contribution < 1.29 is 33.7 Å². The van der Waals surface area contributed by atoms with Crippen molar-refractivity contribution in [3.05, 3.63) is 101 Å². The Balaban J connectivity index is 1.25. The number of urea groups is 1. The summed E-state index contributed by atoms with van der Waals surface area (Å²) in [5, 5.41) is 18.6. The third-order valence-corrected chi connectivity index (χ3v) is 11.3. The highest BCUT2D eigenvalue weighted by atomic mass is 16.7. The Bertz CT molecular complexity index is 1750. The smallest absolute Gasteiger partial charge is 0.328 e. The molecular formula is C44H58N4O7. The largest absolute Gasteiger partial charge is 0.467 e. The number of esters is 1. The van der Waals surface area contributed by atoms with E-state index in [0.29, 0.717) is 24.2 Å². The van der Waals surface area contributed by atoms with Gasteiger partial charge in [0.05, 0.1) is 32.0 Å². The summed E-state index contributed by atoms with van der Waals surface area (Å²) in [5.41, 5.74) is 3.56. The Morgan fingerprint density at radius 2 is 1.64 bits per heavy atom. The van der Waals surface area contributed by atoms with Gasteiger partial charge in [-0.25, -0.2) is 9.59 Å². The molecule has 11 heteroatoms. The molecule has 0 radical (unpaired) electrons. The lowest BCUT2D eigenvalue weighted by Crippen LogP contribution is -2.61. The number of methoxy groups -OCH3 is 1. The molecule has 2 saturated heterocycles. The minimum Gasteiger partial charge on any atom is -0.467 e. The van der Waals surface area contributed by atoms with Crippen LogP contribution in [0.25, 0.3) is 0 Å². The first-order chi connectivity index (χ1) is 26.4. The Morgan fingerprint density at radius 1 is 0.891 bits per heavy atom. The van der Waals surface area contributed by atoms with E-state index in [-0.39, 0.29) is 48.6 Å². The molecule has 3 amide bonds. The van der Waals surface area contributed by atoms with Gasteiger partial charge in [-0.05, 0) is 81.2 Å². The molecule has 8 atom stereocenters. The van der Waals surface area contributed by atoms with Gasteiger partial charge in [-0.3, -0.25) is 9.69 Å². The number of anilines is 1. The summed E-state index contributed by atoms with van der Waals surface area (Å²) in [4.78, 5) is 42.2. The van der Waals surface area contributed by atoms with Crippen LogP contribution < -0.4 is 16.0 Å². The predicted molar refractivity (Wildman–Crippen MR) is 211 cm³/mol. The van der Waals surface area contributed by atoms with Gasteiger partial charge in [-0.15, -0.1) is 0 Å². The molecule has 3 fully saturated rings. The van der Waals surface area contributed by atoms with Gasteiger partial charge in [0.1, 0.15) is 6.04 Å². The van der Waals surface area contributed by atoms with Crippen molar-refractivity contribution in [2.24, 2.45) is 11.8 Å². The van der Waals surface area contributed by atoms with Crippen molar-refractivity contribution in [1.82, 2.24) is 15.5 Å². The summed E-state index contributed by atoms with van der Waals surface area (Å²) in [7, 11) is 1.30. The highest BCUT2D eigenvalue weighted by molar-refractivity contribution is 5.92. The van der Waals surface area contributed by atoms with E-state index in [4.69, 9.17) is 14.2 Å². The second-order valence-corrected chi connectivity index (χ2v) is 16.5. The molecule has 0 bridgehead atoms. The number of amides is 3. The van der Waals surface area contributed by atoms with E-state index in [0.717, 1.165) is 47.9 Å². The van der Waals surface area contributed by atoms with Crippen LogP contribution in [0.3, 0.4) is 0 Å². The van der Waals surface area contributed by atoms with Gasteiger partial charge in [-0.1, -0.05) is 86.5 Å². The van der Waals surface area contributed by atoms with E-state index in [1.54, 1.807) is 6.07 Å². The number of nitrogens with one attached hydrogen (secondary N) is 3. The monoisotopic (exact) mass is 754 g/mol. The van der Waals surface area contributed by atoms with E-state index in [1.165, 1.54) is 20.0 Å². The SMILES string of the molecule is COC(=O)[C@H](Cc1ccccc1)NC(=O)Nc1cccc([C@H]2O[C@@H](CN3[C@@H](C(=O)NC(C)(C)C)CC[C@H]4CCCC[C@H]43)[C@@H](C)[C@@H](c3ccc(CO)cc3)O2)c1. The van der Waals surface area contributed by atoms with E-state index < -0.39 is 24.3 Å². The number of fused-ring (bicyclic) bond motifs is 1. The Labute approximate surface area is 325 Å². The van der Waals surface area contributed by atoms with Crippen LogP contribution in [0, 0.1) is 11.8 Å². The number of ether oxygens (including phenoxy) is 3. The maximum atomic E-state index is 13.9. The van der Waals surface area contributed by atoms with Gasteiger partial charge < -0.3 is 35.3 Å². The second-order valence-electron chi connectivity index (χ2n) is 16.5. The Kier molecular flexibility index (Phi) is 13.3. The summed E-state index contributed by atoms with van der Waals surface area (Å²) in [5.74, 6) is 0.0135. The molecule has 296 valence electrons. The molecule has 55 heavy (non-hydrogen) atoms. The average molecular weight is 755 g/mol. The van der Waals surface area contributed by atoms with Gasteiger partial charge in [0.2, 0.25) is 5.91 Å². The zero-order chi connectivity index (χ0) is 39.1. The number of carbonyl (C=O) groups excluding carboxylic acids is 3. The minimum atomic E-state index is -0.881. The summed E-state index contributed by atoms with van der Waals surface area (Å²) < 4.78 is 18.7. The summed E-state index contributed by atoms with van der Waals surface area (Å²) in [6.07, 6.45) is 5.36. The van der Waals surface area contributed by atoms with E-state index in [2.05, 4.69) is 27.8 Å². The lowest BCUT2D eigenvalue weighted by molar-refractivity contribution is -0.278. The molecule has 3 aliphatic rings. The number of benzene rings is 3. The Morgan fingerprint density at radius 3 is 2.35 bits per heavy atom. The highest BCUT2D eigenvalue weighted by Gasteiger charge is 2.46. The standard InChI is InChI=1S/C44H58N4O7/c1-28-38(26-48-36-17-10-9-14-31(36)22-23-37(48)40(50)47-44(2,3)4)54-42(55-39(28)32-20-18-30(27-49)19-21-32)33-15-11-16-34(25-33)45-43(52)46-35(41(51)53-5)24-29-12-7-6-8-13-29/h6-8,11-13,15-16,18-21,25,28,31,35-39,42,49H,9-10,14,17,22-24,26-27H2,1-5H3,(H,47,50)(H2,45,46,52)/t28-,31-,35+,36-,37-,38+,39+,42+/m1/s1. The third kappa shape index (κ3) is 10.3. The number of carbonyl (C=O) groups is 3. The van der Waals surface area contributed by atoms with E-state index in [9.17, 15) is 19.5 Å². The zero-order valence-corrected chi connectivity index (χ0v) is 32.8. The molecule has 3 aromatic carbocycles. The molecule has 0 spiro atoms. The normalized spacial score (nSPS) is 26.3. The average Bonchev–Trinajstić information content (AvgIpc) is 3.18. The molecular weight excluding hydrogens is 697 g/mol. The van der Waals surface area contributed by atoms with Crippen LogP contribution in [0.15, 0.2) is 78.9 Å². The molecule has 3 aromatic rings. The maximum Gasteiger partial charge on any atom is 0.328 e. The van der Waals surface area contributed by atoms with Gasteiger partial charge in [0.25, 0.3) is 0 Å². The number of hydrogen-bond donors (Lipinski definition) is 4. The number of hydrogen-bond acceptors (Lipinski definition) is 8. The Hall–Kier alpha value is -4.29. The quantitative estimate of drug-likeness (QED) is 0.157. The second kappa shape index (κ2) is 18.1. The van der Waals surface area contributed by atoms with Crippen molar-refractivity contribution in [2.75, 3.05) is 19.0 Å². The summed E-state index contributed by atoms with van der Waals surface area (Å²) in [6.45, 7) is 8.75. The lowest BCUT2D eigenvalue weighted by atomic mass is 9.75. The van der Waals surface area contributed by atoms with Crippen LogP contribution in [0.4, 0.5) is 10.5 Å². The van der Waals surface area contributed by atoms with Gasteiger partial charge in [-0.2, -0.15) is 0 Å². The van der Waals surface area contributed by atoms with Crippen molar-refractivity contribution >= 4 is 23.6 Å². The molecule has 0 unspecified atom stereocenters. The van der Waals surface area contributed by atoms with Crippen LogP contribution in [0.1, 0.15) is 101 Å². The van der Waals surface area contributed by atoms with E-state index >= 15 is 0 Å². The number of rotatable bonds is 11. The van der Waals surface area contributed by atoms with Crippen molar-refractivity contribution in [1.29, 1.82) is 0 Å². The first-order valence-electron chi connectivity index (χ1n) is 19.8. The fraction of sp³-hybridized carbons (Fsp3) is 0.523. The number of piperidine rings is 1. The topological polar surface area (TPSA) is 138 Å². The van der Waals surface area contributed by atoms with Gasteiger partial charge >= 0.3 is 12.0 Å². The fourth-order valence-electron chi connectivity index (χ4n) is 8.54. The number of nitrogens with zero attached hydrogens (tertiary/aromatic N) is 1. The molecule has 11 nitrogen and oxygen atoms in total. The lowest BCUT2D eigenvalue weighted by Gasteiger charge is -2.51. The molecule has 2 heterocycles. The van der Waals surface area contributed by atoms with Gasteiger partial charge in [0.15, 0.2) is 6.29 Å². The maximum absolute atomic E-state index is 13.9. The summed E-state index contributed by atoms with van der Waals surface area (Å²) in [6, 6.07) is 23.2. The van der Waals surface area contributed by atoms with Crippen LogP contribution in [-0.2, 0) is 36.8 Å². The number of aliphatic hydroxyl groups excluding tert-OH is 1. The van der Waals surface area contributed by atoms with Gasteiger partial charge in [0, 0.05) is 41.7 Å². The van der Waals surface area contributed by atoms with Crippen molar-refractivity contribution in [3.63, 3.8) is 0 Å². The first-order valence-corrected chi connectivity index (χ1v) is 19.8. The first kappa shape index (κ1) is 40.4. The third-order valence-electron chi connectivity index (χ3n) is 11.3. The molecule has 0 aromatic heterocycles. The number of likely N-dealkylation sites (tertiary alicyclic amines) is 1. The molecule has 2 aliphatic heterocycles. The fourth-order valence-corrected chi connectivity index (χ4v) is 8.54. The zero-order valence-electron chi connectivity index (χ0n) is 32.8. The minimum absolute atomic E-state index is 0.0503. The highest BCUT2D eigenvalue weighted by Crippen LogP contribution is 2.44. The summed E-state index contributed by atoms with van der Waals surface area (Å²) >= 11 is 0. The molecule has 6 rings (SSSR count). The van der Waals surface area contributed by atoms with Crippen molar-refractivity contribution in [2.45, 2.75) is 121 Å². The van der Waals surface area contributed by atoms with Crippen LogP contribution in [0.2, 0.25) is 0 Å². The van der Waals surface area contributed by atoms with Crippen LogP contribution >= 0.6 is 0 Å². The molecule has 4 N–H and O–H groups in total. The number of aliphatic hydroxyl groups is 1. The van der Waals surface area contributed by atoms with E-state index in [1.807, 2.05) is 93.6 Å². The van der Waals surface area contributed by atoms with Crippen molar-refractivity contribution in [3.8, 4) is 0 Å². The van der Waals surface area contributed by atoms with Crippen LogP contribution in [-0.4, -0.2) is 71.3 Å². The predicted octanol–water partition coefficient (Wildman–Crippen LogP) is 6.81. The molecule has 1 saturated carbocycles. The van der Waals surface area contributed by atoms with Crippen LogP contribution in [0.5, 0.6) is 0 Å². The molecule has 1 aliphatic carbocycles.